The molecular formula is C18H36N2. The Labute approximate surface area is 126 Å². The Morgan fingerprint density at radius 2 is 1.85 bits per heavy atom. The summed E-state index contributed by atoms with van der Waals surface area (Å²) in [5.74, 6) is 1.01. The molecule has 2 aliphatic rings. The highest BCUT2D eigenvalue weighted by molar-refractivity contribution is 4.91. The predicted octanol–water partition coefficient (Wildman–Crippen LogP) is 4.06. The minimum absolute atomic E-state index is 0.434. The monoisotopic (exact) mass is 280 g/mol. The van der Waals surface area contributed by atoms with E-state index in [0.717, 1.165) is 18.5 Å². The summed E-state index contributed by atoms with van der Waals surface area (Å²) in [5.41, 5.74) is 0.434. The Morgan fingerprint density at radius 1 is 1.15 bits per heavy atom. The Kier molecular flexibility index (Phi) is 5.92. The molecule has 20 heavy (non-hydrogen) atoms. The molecule has 1 aliphatic carbocycles. The average Bonchev–Trinajstić information content (AvgIpc) is 2.46. The topological polar surface area (TPSA) is 15.3 Å². The molecule has 1 saturated carbocycles. The van der Waals surface area contributed by atoms with E-state index in [0.29, 0.717) is 11.5 Å². The number of hydrogen-bond acceptors (Lipinski definition) is 2. The Balaban J connectivity index is 1.94. The van der Waals surface area contributed by atoms with Crippen molar-refractivity contribution in [1.29, 1.82) is 0 Å². The molecule has 0 amide bonds. The molecule has 2 fully saturated rings. The van der Waals surface area contributed by atoms with Crippen LogP contribution in [0, 0.1) is 11.3 Å². The molecule has 0 aromatic heterocycles. The van der Waals surface area contributed by atoms with E-state index in [1.807, 2.05) is 0 Å². The highest BCUT2D eigenvalue weighted by Crippen LogP contribution is 2.37. The highest BCUT2D eigenvalue weighted by atomic mass is 15.2. The summed E-state index contributed by atoms with van der Waals surface area (Å²) in [4.78, 5) is 2.86. The van der Waals surface area contributed by atoms with Crippen LogP contribution in [0.4, 0.5) is 0 Å². The zero-order valence-corrected chi connectivity index (χ0v) is 14.3. The number of hydrogen-bond donors (Lipinski definition) is 1. The number of nitrogens with one attached hydrogen (secondary N) is 1. The Hall–Kier alpha value is -0.0800. The average molecular weight is 280 g/mol. The van der Waals surface area contributed by atoms with Crippen molar-refractivity contribution in [3.63, 3.8) is 0 Å². The predicted molar refractivity (Wildman–Crippen MR) is 88.1 cm³/mol. The quantitative estimate of drug-likeness (QED) is 0.789. The van der Waals surface area contributed by atoms with Gasteiger partial charge in [0.1, 0.15) is 0 Å². The van der Waals surface area contributed by atoms with Gasteiger partial charge in [-0.1, -0.05) is 40.5 Å². The molecule has 2 heteroatoms. The van der Waals surface area contributed by atoms with E-state index in [-0.39, 0.29) is 0 Å². The van der Waals surface area contributed by atoms with Gasteiger partial charge in [-0.3, -0.25) is 4.90 Å². The van der Waals surface area contributed by atoms with Crippen molar-refractivity contribution in [3.05, 3.63) is 0 Å². The van der Waals surface area contributed by atoms with Crippen LogP contribution in [0.5, 0.6) is 0 Å². The second-order valence-electron chi connectivity index (χ2n) is 7.92. The summed E-state index contributed by atoms with van der Waals surface area (Å²) in [6, 6.07) is 1.51. The van der Waals surface area contributed by atoms with Crippen LogP contribution in [0.25, 0.3) is 0 Å². The molecule has 1 aliphatic heterocycles. The van der Waals surface area contributed by atoms with Gasteiger partial charge >= 0.3 is 0 Å². The number of fused-ring (bicyclic) bond motifs is 1. The van der Waals surface area contributed by atoms with Crippen LogP contribution in [0.1, 0.15) is 72.6 Å². The van der Waals surface area contributed by atoms with Crippen molar-refractivity contribution < 1.29 is 0 Å². The molecule has 2 rings (SSSR count). The number of piperidine rings is 1. The first kappa shape index (κ1) is 16.3. The maximum absolute atomic E-state index is 3.67. The molecule has 0 spiro atoms. The SMILES string of the molecule is CCC(C)(CNC(C)C)CN1CCCC2CCCCC21. The van der Waals surface area contributed by atoms with E-state index in [1.165, 1.54) is 58.0 Å². The molecule has 1 heterocycles. The first-order valence-corrected chi connectivity index (χ1v) is 9.01. The van der Waals surface area contributed by atoms with Gasteiger partial charge in [0.05, 0.1) is 0 Å². The van der Waals surface area contributed by atoms with E-state index in [9.17, 15) is 0 Å². The summed E-state index contributed by atoms with van der Waals surface area (Å²) in [7, 11) is 0. The van der Waals surface area contributed by atoms with Gasteiger partial charge in [-0.15, -0.1) is 0 Å². The smallest absolute Gasteiger partial charge is 0.0124 e. The third-order valence-electron chi connectivity index (χ3n) is 5.73. The first-order valence-electron chi connectivity index (χ1n) is 9.01. The van der Waals surface area contributed by atoms with Crippen molar-refractivity contribution in [2.24, 2.45) is 11.3 Å². The first-order chi connectivity index (χ1) is 9.54. The molecule has 0 aromatic rings. The third kappa shape index (κ3) is 4.21. The summed E-state index contributed by atoms with van der Waals surface area (Å²) in [6.45, 7) is 13.2. The molecule has 3 atom stereocenters. The van der Waals surface area contributed by atoms with Crippen LogP contribution in [0.2, 0.25) is 0 Å². The maximum atomic E-state index is 3.67. The van der Waals surface area contributed by atoms with Gasteiger partial charge < -0.3 is 5.32 Å². The van der Waals surface area contributed by atoms with E-state index in [2.05, 4.69) is 37.9 Å². The van der Waals surface area contributed by atoms with Gasteiger partial charge in [-0.25, -0.2) is 0 Å². The van der Waals surface area contributed by atoms with E-state index < -0.39 is 0 Å². The Morgan fingerprint density at radius 3 is 2.55 bits per heavy atom. The van der Waals surface area contributed by atoms with Gasteiger partial charge in [0, 0.05) is 25.2 Å². The molecule has 118 valence electrons. The third-order valence-corrected chi connectivity index (χ3v) is 5.73. The summed E-state index contributed by atoms with van der Waals surface area (Å²) >= 11 is 0. The van der Waals surface area contributed by atoms with Crippen molar-refractivity contribution in [3.8, 4) is 0 Å². The summed E-state index contributed by atoms with van der Waals surface area (Å²) in [6.07, 6.45) is 10.1. The van der Waals surface area contributed by atoms with Crippen LogP contribution >= 0.6 is 0 Å². The molecule has 1 saturated heterocycles. The molecule has 0 radical (unpaired) electrons. The van der Waals surface area contributed by atoms with Crippen molar-refractivity contribution in [1.82, 2.24) is 10.2 Å². The number of likely N-dealkylation sites (tertiary alicyclic amines) is 1. The minimum atomic E-state index is 0.434. The summed E-state index contributed by atoms with van der Waals surface area (Å²) in [5, 5.41) is 3.67. The molecule has 0 bridgehead atoms. The normalized spacial score (nSPS) is 31.1. The van der Waals surface area contributed by atoms with Crippen molar-refractivity contribution >= 4 is 0 Å². The van der Waals surface area contributed by atoms with Gasteiger partial charge in [-0.2, -0.15) is 0 Å². The molecule has 1 N–H and O–H groups in total. The van der Waals surface area contributed by atoms with Gasteiger partial charge in [0.2, 0.25) is 0 Å². The lowest BCUT2D eigenvalue weighted by atomic mass is 9.76. The molecule has 3 unspecified atom stereocenters. The number of rotatable bonds is 6. The lowest BCUT2D eigenvalue weighted by Crippen LogP contribution is -2.52. The lowest BCUT2D eigenvalue weighted by Gasteiger charge is -2.47. The van der Waals surface area contributed by atoms with Crippen LogP contribution in [0.15, 0.2) is 0 Å². The van der Waals surface area contributed by atoms with Crippen molar-refractivity contribution in [2.75, 3.05) is 19.6 Å². The van der Waals surface area contributed by atoms with Gasteiger partial charge in [-0.05, 0) is 50.0 Å². The van der Waals surface area contributed by atoms with Crippen molar-refractivity contribution in [2.45, 2.75) is 84.7 Å². The molecular weight excluding hydrogens is 244 g/mol. The fourth-order valence-corrected chi connectivity index (χ4v) is 4.16. The lowest BCUT2D eigenvalue weighted by molar-refractivity contribution is 0.0261. The van der Waals surface area contributed by atoms with Gasteiger partial charge in [0.15, 0.2) is 0 Å². The Bertz CT molecular complexity index is 287. The maximum Gasteiger partial charge on any atom is 0.0124 e. The summed E-state index contributed by atoms with van der Waals surface area (Å²) < 4.78 is 0. The van der Waals surface area contributed by atoms with Crippen LogP contribution in [-0.2, 0) is 0 Å². The van der Waals surface area contributed by atoms with Crippen LogP contribution < -0.4 is 5.32 Å². The largest absolute Gasteiger partial charge is 0.314 e. The van der Waals surface area contributed by atoms with Gasteiger partial charge in [0.25, 0.3) is 0 Å². The van der Waals surface area contributed by atoms with Crippen LogP contribution in [0.3, 0.4) is 0 Å². The molecule has 0 aromatic carbocycles. The fourth-order valence-electron chi connectivity index (χ4n) is 4.16. The van der Waals surface area contributed by atoms with E-state index >= 15 is 0 Å². The van der Waals surface area contributed by atoms with E-state index in [1.54, 1.807) is 0 Å². The second kappa shape index (κ2) is 7.26. The highest BCUT2D eigenvalue weighted by Gasteiger charge is 2.36. The fraction of sp³-hybridized carbons (Fsp3) is 1.00. The zero-order chi connectivity index (χ0) is 14.6. The van der Waals surface area contributed by atoms with E-state index in [4.69, 9.17) is 0 Å². The molecule has 2 nitrogen and oxygen atoms in total. The standard InChI is InChI=1S/C18H36N2/c1-5-18(4,13-19-15(2)3)14-20-12-8-10-16-9-6-7-11-17(16)20/h15-17,19H,5-14H2,1-4H3. The van der Waals surface area contributed by atoms with Crippen LogP contribution in [-0.4, -0.2) is 36.6 Å². The second-order valence-corrected chi connectivity index (χ2v) is 7.92. The number of nitrogens with zero attached hydrogens (tertiary/aromatic N) is 1. The minimum Gasteiger partial charge on any atom is -0.314 e. The zero-order valence-electron chi connectivity index (χ0n) is 14.3.